The largest absolute Gasteiger partial charge is 0.462 e. The fourth-order valence-electron chi connectivity index (χ4n) is 2.93. The first-order valence-electron chi connectivity index (χ1n) is 9.32. The van der Waals surface area contributed by atoms with Crippen LogP contribution >= 0.6 is 11.3 Å². The molecule has 6 atom stereocenters. The molecule has 2 aromatic heterocycles. The van der Waals surface area contributed by atoms with E-state index >= 15 is 0 Å². The van der Waals surface area contributed by atoms with E-state index in [0.29, 0.717) is 17.8 Å². The number of thiazole rings is 1. The maximum atomic E-state index is 12.4. The number of esters is 1. The summed E-state index contributed by atoms with van der Waals surface area (Å²) < 4.78 is 19.5. The minimum Gasteiger partial charge on any atom is -0.462 e. The summed E-state index contributed by atoms with van der Waals surface area (Å²) >= 11 is 0.583. The molecule has 0 aliphatic carbocycles. The van der Waals surface area contributed by atoms with Crippen LogP contribution in [0.5, 0.6) is 0 Å². The molecule has 1 fully saturated rings. The van der Waals surface area contributed by atoms with Crippen LogP contribution in [0.15, 0.2) is 9.59 Å². The molecule has 13 heteroatoms. The Labute approximate surface area is 169 Å². The van der Waals surface area contributed by atoms with Crippen molar-refractivity contribution in [2.45, 2.75) is 50.8 Å². The van der Waals surface area contributed by atoms with Gasteiger partial charge >= 0.3 is 10.8 Å². The summed E-state index contributed by atoms with van der Waals surface area (Å²) in [5.74, 6) is -2.33. The fourth-order valence-corrected chi connectivity index (χ4v) is 3.77. The van der Waals surface area contributed by atoms with Crippen LogP contribution < -0.4 is 21.9 Å². The third-order valence-electron chi connectivity index (χ3n) is 4.82. The quantitative estimate of drug-likeness (QED) is 0.328. The van der Waals surface area contributed by atoms with E-state index in [4.69, 9.17) is 22.3 Å². The lowest BCUT2D eigenvalue weighted by molar-refractivity contribution is -0.152. The molecule has 3 rings (SSSR count). The van der Waals surface area contributed by atoms with Crippen molar-refractivity contribution in [3.8, 4) is 0 Å². The summed E-state index contributed by atoms with van der Waals surface area (Å²) in [6.07, 6.45) is -5.33. The van der Waals surface area contributed by atoms with Crippen molar-refractivity contribution in [1.82, 2.24) is 14.5 Å². The van der Waals surface area contributed by atoms with Gasteiger partial charge in [0.1, 0.15) is 35.7 Å². The van der Waals surface area contributed by atoms with Gasteiger partial charge in [0.15, 0.2) is 11.9 Å². The van der Waals surface area contributed by atoms with E-state index in [-0.39, 0.29) is 16.3 Å². The molecule has 0 bridgehead atoms. The number of hydrogen-bond acceptors (Lipinski definition) is 11. The molecular weight excluding hydrogens is 406 g/mol. The van der Waals surface area contributed by atoms with Crippen LogP contribution in [0.2, 0.25) is 0 Å². The predicted octanol–water partition coefficient (Wildman–Crippen LogP) is -1.74. The molecular formula is C16H23N5O7S. The van der Waals surface area contributed by atoms with E-state index in [1.54, 1.807) is 6.92 Å². The van der Waals surface area contributed by atoms with Gasteiger partial charge in [-0.1, -0.05) is 31.6 Å². The summed E-state index contributed by atoms with van der Waals surface area (Å²) in [6, 6.07) is -1.22. The number of nitrogens with zero attached hydrogens (tertiary/aromatic N) is 2. The van der Waals surface area contributed by atoms with E-state index in [1.165, 1.54) is 6.92 Å². The number of aromatic nitrogens is 3. The zero-order valence-corrected chi connectivity index (χ0v) is 16.5. The second kappa shape index (κ2) is 8.20. The van der Waals surface area contributed by atoms with Gasteiger partial charge in [-0.2, -0.15) is 4.98 Å². The number of aliphatic hydroxyl groups is 2. The number of H-pyrrole nitrogens is 1. The Morgan fingerprint density at radius 1 is 1.48 bits per heavy atom. The Kier molecular flexibility index (Phi) is 5.65. The van der Waals surface area contributed by atoms with Crippen molar-refractivity contribution in [1.29, 1.82) is 0 Å². The van der Waals surface area contributed by atoms with Crippen molar-refractivity contribution >= 4 is 33.6 Å². The first-order valence-corrected chi connectivity index (χ1v) is 9.64. The Morgan fingerprint density at radius 2 is 2.17 bits per heavy atom. The standard InChI is InChI=1S/C16H23N5O7S/c1-3-5(2)7(17)14(25)27-4-6-8(22)9(23)13(28-6)21-11-10(29-16(21)26)12(24)20-15(18)19-11/h5-9,13,22-23H,3-4,17H2,1-2H3,(H3,18,19,20,24)/t5-,6+,7-,8+,9+,13?/m0/s1/i5D. The molecule has 2 aromatic rings. The Morgan fingerprint density at radius 3 is 2.83 bits per heavy atom. The molecule has 1 saturated heterocycles. The molecule has 7 N–H and O–H groups in total. The highest BCUT2D eigenvalue weighted by molar-refractivity contribution is 7.16. The average molecular weight is 430 g/mol. The first-order chi connectivity index (χ1) is 14.0. The molecule has 0 aromatic carbocycles. The van der Waals surface area contributed by atoms with E-state index in [0.717, 1.165) is 4.57 Å². The highest BCUT2D eigenvalue weighted by Crippen LogP contribution is 2.31. The molecule has 0 spiro atoms. The van der Waals surface area contributed by atoms with Gasteiger partial charge in [0.05, 0.1) is 0 Å². The smallest absolute Gasteiger partial charge is 0.323 e. The van der Waals surface area contributed by atoms with Gasteiger partial charge in [0, 0.05) is 1.37 Å². The number of nitrogens with two attached hydrogens (primary N) is 2. The normalized spacial score (nSPS) is 28.1. The van der Waals surface area contributed by atoms with Crippen LogP contribution in [0, 0.1) is 5.89 Å². The van der Waals surface area contributed by atoms with E-state index in [1.807, 2.05) is 0 Å². The van der Waals surface area contributed by atoms with Crippen LogP contribution in [-0.4, -0.2) is 61.7 Å². The van der Waals surface area contributed by atoms with Crippen LogP contribution in [0.4, 0.5) is 5.95 Å². The van der Waals surface area contributed by atoms with Crippen molar-refractivity contribution in [3.05, 3.63) is 20.0 Å². The molecule has 3 heterocycles. The lowest BCUT2D eigenvalue weighted by atomic mass is 10.0. The summed E-state index contributed by atoms with van der Waals surface area (Å²) in [6.45, 7) is 2.74. The zero-order chi connectivity index (χ0) is 22.4. The fraction of sp³-hybridized carbons (Fsp3) is 0.625. The molecule has 1 aliphatic rings. The molecule has 12 nitrogen and oxygen atoms in total. The molecule has 1 aliphatic heterocycles. The van der Waals surface area contributed by atoms with Crippen molar-refractivity contribution in [2.75, 3.05) is 12.3 Å². The number of hydrogen-bond donors (Lipinski definition) is 5. The van der Waals surface area contributed by atoms with E-state index in [2.05, 4.69) is 9.97 Å². The molecule has 1 unspecified atom stereocenters. The van der Waals surface area contributed by atoms with Gasteiger partial charge in [-0.25, -0.2) is 0 Å². The second-order valence-corrected chi connectivity index (χ2v) is 7.66. The lowest BCUT2D eigenvalue weighted by Gasteiger charge is -2.19. The van der Waals surface area contributed by atoms with Gasteiger partial charge in [0.25, 0.3) is 5.56 Å². The third-order valence-corrected chi connectivity index (χ3v) is 5.76. The highest BCUT2D eigenvalue weighted by Gasteiger charge is 2.46. The number of anilines is 1. The lowest BCUT2D eigenvalue weighted by Crippen LogP contribution is -2.40. The van der Waals surface area contributed by atoms with Crippen LogP contribution in [0.25, 0.3) is 10.3 Å². The predicted molar refractivity (Wildman–Crippen MR) is 103 cm³/mol. The summed E-state index contributed by atoms with van der Waals surface area (Å²) in [5, 5.41) is 20.7. The van der Waals surface area contributed by atoms with Crippen molar-refractivity contribution < 1.29 is 25.9 Å². The maximum absolute atomic E-state index is 12.4. The minimum atomic E-state index is -1.57. The number of ether oxygens (including phenoxy) is 2. The Bertz CT molecular complexity index is 1070. The number of rotatable bonds is 6. The zero-order valence-electron chi connectivity index (χ0n) is 16.7. The third kappa shape index (κ3) is 3.91. The molecule has 0 radical (unpaired) electrons. The Hall–Kier alpha value is -2.32. The number of aliphatic hydroxyl groups excluding tert-OH is 2. The second-order valence-electron chi connectivity index (χ2n) is 6.70. The number of fused-ring (bicyclic) bond motifs is 1. The summed E-state index contributed by atoms with van der Waals surface area (Å²) in [7, 11) is 0. The number of carbonyl (C=O) groups excluding carboxylic acids is 1. The van der Waals surface area contributed by atoms with Crippen molar-refractivity contribution in [2.24, 2.45) is 11.6 Å². The number of carbonyl (C=O) groups is 1. The van der Waals surface area contributed by atoms with Gasteiger partial charge in [-0.05, 0) is 5.89 Å². The minimum absolute atomic E-state index is 0.0189. The SMILES string of the molecule is [2H][C@](C)(CC)[C@H](N)C(=O)OC[C@H]1OC(n2c(=O)sc3c(=O)[nH]c(N)nc32)[C@H](O)[C@@H]1O. The van der Waals surface area contributed by atoms with Crippen LogP contribution in [-0.2, 0) is 14.3 Å². The van der Waals surface area contributed by atoms with Gasteiger partial charge < -0.3 is 31.2 Å². The highest BCUT2D eigenvalue weighted by atomic mass is 32.1. The van der Waals surface area contributed by atoms with Crippen molar-refractivity contribution in [3.63, 3.8) is 0 Å². The Balaban J connectivity index is 1.81. The first kappa shape index (κ1) is 20.0. The molecule has 0 saturated carbocycles. The number of aromatic amines is 1. The van der Waals surface area contributed by atoms with Gasteiger partial charge in [-0.3, -0.25) is 23.9 Å². The summed E-state index contributed by atoms with van der Waals surface area (Å²) in [4.78, 5) is 42.0. The number of nitrogen functional groups attached to an aromatic ring is 1. The van der Waals surface area contributed by atoms with Crippen LogP contribution in [0.3, 0.4) is 0 Å². The maximum Gasteiger partial charge on any atom is 0.323 e. The molecule has 160 valence electrons. The van der Waals surface area contributed by atoms with Gasteiger partial charge in [-0.15, -0.1) is 0 Å². The molecule has 0 amide bonds. The van der Waals surface area contributed by atoms with E-state index < -0.39 is 59.5 Å². The van der Waals surface area contributed by atoms with Gasteiger partial charge in [0.2, 0.25) is 5.95 Å². The van der Waals surface area contributed by atoms with E-state index in [9.17, 15) is 24.6 Å². The summed E-state index contributed by atoms with van der Waals surface area (Å²) in [5.41, 5.74) is 10.6. The number of nitrogens with one attached hydrogen (secondary N) is 1. The average Bonchev–Trinajstić information content (AvgIpc) is 3.15. The molecule has 29 heavy (non-hydrogen) atoms. The topological polar surface area (TPSA) is 196 Å². The monoisotopic (exact) mass is 430 g/mol. The van der Waals surface area contributed by atoms with Crippen LogP contribution in [0.1, 0.15) is 27.9 Å².